The summed E-state index contributed by atoms with van der Waals surface area (Å²) < 4.78 is 16.1. The van der Waals surface area contributed by atoms with Crippen LogP contribution in [0.4, 0.5) is 0 Å². The third-order valence-electron chi connectivity index (χ3n) is 0.912. The predicted octanol–water partition coefficient (Wildman–Crippen LogP) is 1.52. The van der Waals surface area contributed by atoms with Crippen LogP contribution in [-0.2, 0) is 13.9 Å². The summed E-state index contributed by atoms with van der Waals surface area (Å²) >= 11 is 0. The molecule has 3 nitrogen and oxygen atoms in total. The van der Waals surface area contributed by atoms with Crippen LogP contribution in [-0.4, -0.2) is 25.2 Å². The van der Waals surface area contributed by atoms with E-state index >= 15 is 0 Å². The first-order valence-corrected chi connectivity index (χ1v) is 5.44. The summed E-state index contributed by atoms with van der Waals surface area (Å²) in [6, 6.07) is 0. The first-order valence-electron chi connectivity index (χ1n) is 3.18. The molecule has 0 radical (unpaired) electrons. The molecule has 0 rings (SSSR count). The normalized spacial score (nSPS) is 16.3. The van der Waals surface area contributed by atoms with E-state index in [0.29, 0.717) is 6.61 Å². The molecule has 0 saturated carbocycles. The topological polar surface area (TPSA) is 43.4 Å². The molecule has 0 N–H and O–H groups in total. The first-order chi connectivity index (χ1) is 4.48. The molecule has 0 aliphatic rings. The molecule has 60 valence electrons. The van der Waals surface area contributed by atoms with Gasteiger partial charge >= 0.3 is 0 Å². The highest BCUT2D eigenvalue weighted by Crippen LogP contribution is 2.41. The van der Waals surface area contributed by atoms with Crippen molar-refractivity contribution in [2.24, 2.45) is 0 Å². The average Bonchev–Trinajstić information content (AvgIpc) is 1.59. The third kappa shape index (κ3) is 4.71. The number of rotatable bonds is 4. The second-order valence-electron chi connectivity index (χ2n) is 2.29. The second-order valence-corrected chi connectivity index (χ2v) is 4.89. The fraction of sp³-hybridized carbons (Fsp3) is 0.833. The highest BCUT2D eigenvalue weighted by atomic mass is 31.2. The Morgan fingerprint density at radius 3 is 2.40 bits per heavy atom. The van der Waals surface area contributed by atoms with Crippen molar-refractivity contribution >= 4 is 13.2 Å². The van der Waals surface area contributed by atoms with Gasteiger partial charge in [0.25, 0.3) is 0 Å². The number of carbonyl (C=O) groups excluding carboxylic acids is 1. The van der Waals surface area contributed by atoms with Crippen molar-refractivity contribution in [2.45, 2.75) is 13.8 Å². The third-order valence-corrected chi connectivity index (χ3v) is 2.74. The number of hydrogen-bond acceptors (Lipinski definition) is 3. The molecule has 0 aromatic rings. The van der Waals surface area contributed by atoms with E-state index < -0.39 is 7.37 Å². The smallest absolute Gasteiger partial charge is 0.207 e. The predicted molar refractivity (Wildman–Crippen MR) is 40.7 cm³/mol. The van der Waals surface area contributed by atoms with Crippen LogP contribution < -0.4 is 0 Å². The largest absolute Gasteiger partial charge is 0.329 e. The van der Waals surface area contributed by atoms with Gasteiger partial charge in [0.15, 0.2) is 0 Å². The molecule has 0 amide bonds. The Morgan fingerprint density at radius 2 is 2.10 bits per heavy atom. The van der Waals surface area contributed by atoms with Crippen molar-refractivity contribution in [2.75, 3.05) is 19.4 Å². The first kappa shape index (κ1) is 9.86. The fourth-order valence-corrected chi connectivity index (χ4v) is 2.17. The highest BCUT2D eigenvalue weighted by Gasteiger charge is 2.16. The second kappa shape index (κ2) is 3.89. The minimum Gasteiger partial charge on any atom is -0.329 e. The van der Waals surface area contributed by atoms with Crippen LogP contribution in [0.15, 0.2) is 0 Å². The molecule has 1 unspecified atom stereocenters. The number of ketones is 1. The maximum absolute atomic E-state index is 11.2. The SMILES string of the molecule is CCOP(C)(=O)CC(C)=O. The maximum atomic E-state index is 11.2. The molecule has 4 heteroatoms. The molecule has 0 aromatic heterocycles. The molecule has 0 heterocycles. The van der Waals surface area contributed by atoms with Crippen molar-refractivity contribution in [3.63, 3.8) is 0 Å². The van der Waals surface area contributed by atoms with Gasteiger partial charge in [-0.05, 0) is 13.8 Å². The van der Waals surface area contributed by atoms with Gasteiger partial charge in [0, 0.05) is 6.66 Å². The Labute approximate surface area is 61.2 Å². The molecule has 0 fully saturated rings. The van der Waals surface area contributed by atoms with Gasteiger partial charge in [-0.15, -0.1) is 0 Å². The fourth-order valence-electron chi connectivity index (χ4n) is 0.723. The van der Waals surface area contributed by atoms with Crippen LogP contribution in [0, 0.1) is 0 Å². The van der Waals surface area contributed by atoms with Crippen LogP contribution >= 0.6 is 7.37 Å². The molecule has 1 atom stereocenters. The number of carbonyl (C=O) groups is 1. The van der Waals surface area contributed by atoms with Crippen molar-refractivity contribution in [1.82, 2.24) is 0 Å². The van der Waals surface area contributed by atoms with Gasteiger partial charge in [-0.1, -0.05) is 0 Å². The Kier molecular flexibility index (Phi) is 3.84. The Balaban J connectivity index is 3.87. The summed E-state index contributed by atoms with van der Waals surface area (Å²) in [5.74, 6) is -0.0840. The van der Waals surface area contributed by atoms with E-state index in [1.54, 1.807) is 6.92 Å². The van der Waals surface area contributed by atoms with Gasteiger partial charge in [0.2, 0.25) is 7.37 Å². The standard InChI is InChI=1S/C6H13O3P/c1-4-9-10(3,8)5-6(2)7/h4-5H2,1-3H3. The van der Waals surface area contributed by atoms with Crippen molar-refractivity contribution in [3.05, 3.63) is 0 Å². The lowest BCUT2D eigenvalue weighted by Gasteiger charge is -2.09. The lowest BCUT2D eigenvalue weighted by molar-refractivity contribution is -0.114. The zero-order valence-electron chi connectivity index (χ0n) is 6.59. The van der Waals surface area contributed by atoms with Crippen LogP contribution in [0.2, 0.25) is 0 Å². The van der Waals surface area contributed by atoms with E-state index in [0.717, 1.165) is 0 Å². The summed E-state index contributed by atoms with van der Waals surface area (Å²) in [4.78, 5) is 10.5. The molecule has 0 bridgehead atoms. The van der Waals surface area contributed by atoms with Gasteiger partial charge in [-0.3, -0.25) is 9.36 Å². The summed E-state index contributed by atoms with van der Waals surface area (Å²) in [5.41, 5.74) is 0. The highest BCUT2D eigenvalue weighted by molar-refractivity contribution is 7.59. The number of hydrogen-bond donors (Lipinski definition) is 0. The zero-order chi connectivity index (χ0) is 8.20. The van der Waals surface area contributed by atoms with Crippen LogP contribution in [0.3, 0.4) is 0 Å². The molecular formula is C6H13O3P. The summed E-state index contributed by atoms with van der Waals surface area (Å²) in [6.45, 7) is 5.06. The van der Waals surface area contributed by atoms with Gasteiger partial charge in [0.1, 0.15) is 5.78 Å². The molecule has 0 spiro atoms. The minimum absolute atomic E-state index is 0.0564. The van der Waals surface area contributed by atoms with E-state index in [1.807, 2.05) is 0 Å². The minimum atomic E-state index is -2.60. The van der Waals surface area contributed by atoms with Crippen molar-refractivity contribution < 1.29 is 13.9 Å². The van der Waals surface area contributed by atoms with E-state index in [1.165, 1.54) is 13.6 Å². The van der Waals surface area contributed by atoms with Crippen LogP contribution in [0.25, 0.3) is 0 Å². The van der Waals surface area contributed by atoms with Gasteiger partial charge < -0.3 is 4.52 Å². The van der Waals surface area contributed by atoms with Gasteiger partial charge in [-0.25, -0.2) is 0 Å². The molecule has 10 heavy (non-hydrogen) atoms. The van der Waals surface area contributed by atoms with E-state index in [-0.39, 0.29) is 11.9 Å². The monoisotopic (exact) mass is 164 g/mol. The Hall–Kier alpha value is -0.140. The molecule has 0 saturated heterocycles. The molecular weight excluding hydrogens is 151 g/mol. The van der Waals surface area contributed by atoms with Gasteiger partial charge in [-0.2, -0.15) is 0 Å². The van der Waals surface area contributed by atoms with Crippen LogP contribution in [0.1, 0.15) is 13.8 Å². The van der Waals surface area contributed by atoms with Gasteiger partial charge in [0.05, 0.1) is 12.8 Å². The van der Waals surface area contributed by atoms with Crippen molar-refractivity contribution in [1.29, 1.82) is 0 Å². The summed E-state index contributed by atoms with van der Waals surface area (Å²) in [7, 11) is -2.60. The van der Waals surface area contributed by atoms with Crippen molar-refractivity contribution in [3.8, 4) is 0 Å². The summed E-state index contributed by atoms with van der Waals surface area (Å²) in [6.07, 6.45) is 0.0564. The van der Waals surface area contributed by atoms with E-state index in [4.69, 9.17) is 4.52 Å². The quantitative estimate of drug-likeness (QED) is 0.591. The Morgan fingerprint density at radius 1 is 1.60 bits per heavy atom. The average molecular weight is 164 g/mol. The zero-order valence-corrected chi connectivity index (χ0v) is 7.48. The molecule has 0 aliphatic heterocycles. The Bertz CT molecular complexity index is 164. The maximum Gasteiger partial charge on any atom is 0.207 e. The van der Waals surface area contributed by atoms with E-state index in [2.05, 4.69) is 0 Å². The van der Waals surface area contributed by atoms with E-state index in [9.17, 15) is 9.36 Å². The molecule has 0 aromatic carbocycles. The lowest BCUT2D eigenvalue weighted by Crippen LogP contribution is -2.01. The summed E-state index contributed by atoms with van der Waals surface area (Å²) in [5, 5.41) is 0. The lowest BCUT2D eigenvalue weighted by atomic mass is 10.5. The van der Waals surface area contributed by atoms with Crippen LogP contribution in [0.5, 0.6) is 0 Å². The number of Topliss-reactive ketones (excluding diaryl/α,β-unsaturated/α-hetero) is 1. The molecule has 0 aliphatic carbocycles.